The predicted octanol–water partition coefficient (Wildman–Crippen LogP) is 5.52. The predicted molar refractivity (Wildman–Crippen MR) is 115 cm³/mol. The first-order chi connectivity index (χ1) is 11.7. The SMILES string of the molecule is CCCC#C[B-](CCCCCC)(CCCCCC)CCCCCC.[Li+]. The van der Waals surface area contributed by atoms with Gasteiger partial charge in [-0.3, -0.25) is 0 Å². The summed E-state index contributed by atoms with van der Waals surface area (Å²) in [6.45, 7) is 9.20. The topological polar surface area (TPSA) is 0 Å². The van der Waals surface area contributed by atoms with Crippen LogP contribution in [0.4, 0.5) is 0 Å². The maximum absolute atomic E-state index is 3.88. The smallest absolute Gasteiger partial charge is 0.315 e. The van der Waals surface area contributed by atoms with Crippen molar-refractivity contribution >= 4 is 6.15 Å². The first-order valence-electron chi connectivity index (χ1n) is 11.4. The van der Waals surface area contributed by atoms with Crippen molar-refractivity contribution in [1.29, 1.82) is 0 Å². The maximum atomic E-state index is 3.88. The zero-order chi connectivity index (χ0) is 17.9. The van der Waals surface area contributed by atoms with Crippen LogP contribution < -0.4 is 18.9 Å². The molecule has 0 nitrogen and oxygen atoms in total. The molecule has 0 spiro atoms. The zero-order valence-corrected chi connectivity index (χ0v) is 18.6. The second kappa shape index (κ2) is 20.5. The van der Waals surface area contributed by atoms with E-state index in [2.05, 4.69) is 39.4 Å². The summed E-state index contributed by atoms with van der Waals surface area (Å²) in [5.41, 5.74) is 0. The Bertz CT molecular complexity index is 285. The van der Waals surface area contributed by atoms with E-state index in [1.54, 1.807) is 0 Å². The normalized spacial score (nSPS) is 10.9. The van der Waals surface area contributed by atoms with Gasteiger partial charge in [-0.05, 0) is 6.42 Å². The van der Waals surface area contributed by atoms with Crippen molar-refractivity contribution in [3.8, 4) is 11.7 Å². The van der Waals surface area contributed by atoms with Gasteiger partial charge in [-0.1, -0.05) is 105 Å². The molecule has 0 heterocycles. The first kappa shape index (κ1) is 27.4. The van der Waals surface area contributed by atoms with Crippen molar-refractivity contribution in [3.05, 3.63) is 0 Å². The average Bonchev–Trinajstić information content (AvgIpc) is 2.60. The van der Waals surface area contributed by atoms with E-state index in [1.165, 1.54) is 102 Å². The van der Waals surface area contributed by atoms with E-state index in [4.69, 9.17) is 0 Å². The second-order valence-corrected chi connectivity index (χ2v) is 8.10. The summed E-state index contributed by atoms with van der Waals surface area (Å²) in [7, 11) is 0. The fraction of sp³-hybridized carbons (Fsp3) is 0.913. The van der Waals surface area contributed by atoms with Gasteiger partial charge in [0.05, 0.1) is 6.15 Å². The molecule has 0 aliphatic heterocycles. The van der Waals surface area contributed by atoms with E-state index < -0.39 is 6.15 Å². The van der Waals surface area contributed by atoms with Gasteiger partial charge in [-0.15, -0.1) is 0 Å². The summed E-state index contributed by atoms with van der Waals surface area (Å²) < 4.78 is 0. The van der Waals surface area contributed by atoms with Gasteiger partial charge in [0.15, 0.2) is 0 Å². The standard InChI is InChI=1S/C23H46B.Li/c1-5-9-13-17-21-24(20-16-12-8-4,22-18-14-10-6-2)23-19-15-11-7-3;/h5-15,17-19,21-23H2,1-4H3;/q-1;+1. The van der Waals surface area contributed by atoms with E-state index >= 15 is 0 Å². The molecule has 0 aliphatic rings. The van der Waals surface area contributed by atoms with E-state index in [9.17, 15) is 0 Å². The van der Waals surface area contributed by atoms with Gasteiger partial charge in [0, 0.05) is 6.42 Å². The van der Waals surface area contributed by atoms with Gasteiger partial charge >= 0.3 is 18.9 Å². The van der Waals surface area contributed by atoms with Crippen molar-refractivity contribution < 1.29 is 18.9 Å². The average molecular weight is 340 g/mol. The molecule has 0 saturated carbocycles. The molecular weight excluding hydrogens is 294 g/mol. The monoisotopic (exact) mass is 340 g/mol. The van der Waals surface area contributed by atoms with E-state index in [0.29, 0.717) is 0 Å². The summed E-state index contributed by atoms with van der Waals surface area (Å²) >= 11 is 0. The Hall–Kier alpha value is 0.222. The summed E-state index contributed by atoms with van der Waals surface area (Å²) in [4.78, 5) is 0. The third-order valence-electron chi connectivity index (χ3n) is 5.61. The zero-order valence-electron chi connectivity index (χ0n) is 18.6. The van der Waals surface area contributed by atoms with Crippen molar-refractivity contribution in [1.82, 2.24) is 0 Å². The number of unbranched alkanes of at least 4 members (excludes halogenated alkanes) is 10. The second-order valence-electron chi connectivity index (χ2n) is 8.10. The molecule has 0 amide bonds. The summed E-state index contributed by atoms with van der Waals surface area (Å²) in [6, 6.07) is 0. The van der Waals surface area contributed by atoms with Crippen LogP contribution in [-0.4, -0.2) is 6.15 Å². The molecule has 142 valence electrons. The molecule has 0 unspecified atom stereocenters. The number of hydrogen-bond donors (Lipinski definition) is 0. The Morgan fingerprint density at radius 1 is 0.520 bits per heavy atom. The third kappa shape index (κ3) is 16.1. The summed E-state index contributed by atoms with van der Waals surface area (Å²) in [6.07, 6.45) is 22.8. The Morgan fingerprint density at radius 2 is 0.920 bits per heavy atom. The van der Waals surface area contributed by atoms with Crippen LogP contribution >= 0.6 is 0 Å². The van der Waals surface area contributed by atoms with Crippen LogP contribution in [-0.2, 0) is 0 Å². The molecule has 0 aromatic rings. The summed E-state index contributed by atoms with van der Waals surface area (Å²) in [5.74, 6) is 7.45. The van der Waals surface area contributed by atoms with Gasteiger partial charge in [-0.25, -0.2) is 0 Å². The van der Waals surface area contributed by atoms with Crippen LogP contribution in [0.5, 0.6) is 0 Å². The minimum atomic E-state index is -0.419. The molecule has 0 fully saturated rings. The minimum Gasteiger partial charge on any atom is -0.315 e. The Balaban J connectivity index is 0. The van der Waals surface area contributed by atoms with Gasteiger partial charge in [0.25, 0.3) is 0 Å². The largest absolute Gasteiger partial charge is 1.00 e. The maximum Gasteiger partial charge on any atom is 1.00 e. The minimum absolute atomic E-state index is 0. The van der Waals surface area contributed by atoms with Crippen LogP contribution in [0, 0.1) is 11.7 Å². The van der Waals surface area contributed by atoms with E-state index in [1.807, 2.05) is 0 Å². The van der Waals surface area contributed by atoms with Crippen molar-refractivity contribution in [3.63, 3.8) is 0 Å². The molecule has 0 N–H and O–H groups in total. The third-order valence-corrected chi connectivity index (χ3v) is 5.61. The van der Waals surface area contributed by atoms with Crippen molar-refractivity contribution in [2.75, 3.05) is 0 Å². The fourth-order valence-electron chi connectivity index (χ4n) is 3.95. The molecule has 0 aliphatic carbocycles. The van der Waals surface area contributed by atoms with Crippen molar-refractivity contribution in [2.45, 2.75) is 137 Å². The van der Waals surface area contributed by atoms with E-state index in [0.717, 1.165) is 6.42 Å². The molecule has 25 heavy (non-hydrogen) atoms. The Labute approximate surface area is 173 Å². The number of hydrogen-bond acceptors (Lipinski definition) is 0. The molecule has 0 bridgehead atoms. The van der Waals surface area contributed by atoms with Crippen LogP contribution in [0.25, 0.3) is 0 Å². The van der Waals surface area contributed by atoms with Gasteiger partial charge < -0.3 is 5.82 Å². The molecule has 0 aromatic heterocycles. The summed E-state index contributed by atoms with van der Waals surface area (Å²) in [5, 5.41) is 0. The van der Waals surface area contributed by atoms with E-state index in [-0.39, 0.29) is 18.9 Å². The molecule has 0 saturated heterocycles. The van der Waals surface area contributed by atoms with Gasteiger partial charge in [0.1, 0.15) is 0 Å². The first-order valence-corrected chi connectivity index (χ1v) is 11.4. The quantitative estimate of drug-likeness (QED) is 0.197. The Kier molecular flexibility index (Phi) is 22.5. The van der Waals surface area contributed by atoms with Crippen LogP contribution in [0.15, 0.2) is 0 Å². The van der Waals surface area contributed by atoms with Crippen LogP contribution in [0.3, 0.4) is 0 Å². The van der Waals surface area contributed by atoms with Gasteiger partial charge in [-0.2, -0.15) is 24.9 Å². The molecule has 0 aromatic carbocycles. The molecule has 0 radical (unpaired) electrons. The van der Waals surface area contributed by atoms with Crippen molar-refractivity contribution in [2.24, 2.45) is 0 Å². The Morgan fingerprint density at radius 3 is 1.24 bits per heavy atom. The van der Waals surface area contributed by atoms with Crippen LogP contribution in [0.1, 0.15) is 118 Å². The molecule has 0 rings (SSSR count). The molecular formula is C23H46BLi. The van der Waals surface area contributed by atoms with Gasteiger partial charge in [0.2, 0.25) is 0 Å². The number of rotatable bonds is 16. The molecule has 0 atom stereocenters. The fourth-order valence-corrected chi connectivity index (χ4v) is 3.95. The molecule has 2 heteroatoms. The van der Waals surface area contributed by atoms with Crippen LogP contribution in [0.2, 0.25) is 19.0 Å².